The molecule has 26 heavy (non-hydrogen) atoms. The van der Waals surface area contributed by atoms with Crippen molar-refractivity contribution in [3.8, 4) is 0 Å². The van der Waals surface area contributed by atoms with E-state index in [1.165, 1.54) is 0 Å². The highest BCUT2D eigenvalue weighted by Gasteiger charge is 2.41. The van der Waals surface area contributed by atoms with Gasteiger partial charge in [-0.2, -0.15) is 0 Å². The average molecular weight is 372 g/mol. The molecule has 2 heterocycles. The molecule has 142 valence electrons. The Bertz CT molecular complexity index is 604. The van der Waals surface area contributed by atoms with Crippen LogP contribution in [0.2, 0.25) is 0 Å². The van der Waals surface area contributed by atoms with E-state index in [0.29, 0.717) is 0 Å². The minimum absolute atomic E-state index is 0.136. The van der Waals surface area contributed by atoms with E-state index in [1.54, 1.807) is 0 Å². The SMILES string of the molecule is O=C(CCCCC(=O)ON1C(=O)CC(O)C1=O)ON1C(=O)CC(O)C1=O. The van der Waals surface area contributed by atoms with Crippen LogP contribution in [0.4, 0.5) is 0 Å². The molecule has 0 spiro atoms. The summed E-state index contributed by atoms with van der Waals surface area (Å²) in [6.07, 6.45) is -4.14. The molecule has 2 N–H and O–H groups in total. The normalized spacial score (nSPS) is 23.0. The van der Waals surface area contributed by atoms with Crippen LogP contribution in [0.3, 0.4) is 0 Å². The molecule has 2 fully saturated rings. The molecule has 0 bridgehead atoms. The zero-order chi connectivity index (χ0) is 19.4. The second-order valence-corrected chi connectivity index (χ2v) is 5.63. The first kappa shape index (κ1) is 19.5. The number of nitrogens with zero attached hydrogens (tertiary/aromatic N) is 2. The van der Waals surface area contributed by atoms with Crippen molar-refractivity contribution >= 4 is 35.6 Å². The molecule has 0 aromatic carbocycles. The molecule has 2 aliphatic rings. The first-order valence-corrected chi connectivity index (χ1v) is 7.72. The van der Waals surface area contributed by atoms with Gasteiger partial charge < -0.3 is 19.9 Å². The molecule has 0 aliphatic carbocycles. The lowest BCUT2D eigenvalue weighted by Gasteiger charge is -2.13. The standard InChI is InChI=1S/C14H16N2O10/c17-7-5-9(19)15(13(7)23)25-11(21)3-1-2-4-12(22)26-16-10(20)6-8(18)14(16)24/h7-8,17-18H,1-6H2. The van der Waals surface area contributed by atoms with Crippen LogP contribution in [0.1, 0.15) is 38.5 Å². The topological polar surface area (TPSA) is 168 Å². The van der Waals surface area contributed by atoms with Crippen LogP contribution < -0.4 is 0 Å². The van der Waals surface area contributed by atoms with Gasteiger partial charge in [-0.3, -0.25) is 19.2 Å². The maximum atomic E-state index is 11.6. The Balaban J connectivity index is 1.65. The summed E-state index contributed by atoms with van der Waals surface area (Å²) >= 11 is 0. The highest BCUT2D eigenvalue weighted by Crippen LogP contribution is 2.16. The third-order valence-corrected chi connectivity index (χ3v) is 3.56. The lowest BCUT2D eigenvalue weighted by Crippen LogP contribution is -2.34. The predicted molar refractivity (Wildman–Crippen MR) is 75.6 cm³/mol. The molecular weight excluding hydrogens is 356 g/mol. The smallest absolute Gasteiger partial charge is 0.333 e. The Morgan fingerprint density at radius 1 is 0.808 bits per heavy atom. The first-order chi connectivity index (χ1) is 12.2. The summed E-state index contributed by atoms with van der Waals surface area (Å²) in [7, 11) is 0. The van der Waals surface area contributed by atoms with E-state index in [9.17, 15) is 39.0 Å². The minimum Gasteiger partial charge on any atom is -0.383 e. The van der Waals surface area contributed by atoms with E-state index < -0.39 is 60.6 Å². The fraction of sp³-hybridized carbons (Fsp3) is 0.571. The number of rotatable bonds is 7. The fourth-order valence-electron chi connectivity index (χ4n) is 2.21. The van der Waals surface area contributed by atoms with Gasteiger partial charge in [-0.15, -0.1) is 0 Å². The van der Waals surface area contributed by atoms with Crippen molar-refractivity contribution in [2.24, 2.45) is 0 Å². The monoisotopic (exact) mass is 372 g/mol. The van der Waals surface area contributed by atoms with E-state index in [1.807, 2.05) is 0 Å². The molecule has 2 atom stereocenters. The van der Waals surface area contributed by atoms with E-state index in [4.69, 9.17) is 0 Å². The second-order valence-electron chi connectivity index (χ2n) is 5.63. The van der Waals surface area contributed by atoms with Gasteiger partial charge in [-0.1, -0.05) is 10.1 Å². The third kappa shape index (κ3) is 4.40. The Hall–Kier alpha value is -2.86. The molecule has 4 amide bonds. The van der Waals surface area contributed by atoms with Crippen LogP contribution in [0, 0.1) is 0 Å². The average Bonchev–Trinajstić information content (AvgIpc) is 2.95. The number of aliphatic hydroxyl groups is 2. The molecular formula is C14H16N2O10. The number of imide groups is 2. The summed E-state index contributed by atoms with van der Waals surface area (Å²) in [5, 5.41) is 18.8. The summed E-state index contributed by atoms with van der Waals surface area (Å²) < 4.78 is 0. The lowest BCUT2D eigenvalue weighted by molar-refractivity contribution is -0.199. The van der Waals surface area contributed by atoms with Gasteiger partial charge in [0.05, 0.1) is 12.8 Å². The number of hydrogen-bond acceptors (Lipinski definition) is 10. The lowest BCUT2D eigenvalue weighted by atomic mass is 10.2. The third-order valence-electron chi connectivity index (χ3n) is 3.56. The minimum atomic E-state index is -1.53. The summed E-state index contributed by atoms with van der Waals surface area (Å²) in [5.74, 6) is -5.50. The number of unbranched alkanes of at least 4 members (excludes halogenated alkanes) is 1. The van der Waals surface area contributed by atoms with Crippen molar-refractivity contribution in [1.29, 1.82) is 0 Å². The zero-order valence-electron chi connectivity index (χ0n) is 13.5. The van der Waals surface area contributed by atoms with Crippen LogP contribution in [0.25, 0.3) is 0 Å². The summed E-state index contributed by atoms with van der Waals surface area (Å²) in [4.78, 5) is 77.6. The molecule has 2 rings (SSSR count). The highest BCUT2D eigenvalue weighted by molar-refractivity contribution is 6.05. The Morgan fingerprint density at radius 2 is 1.15 bits per heavy atom. The van der Waals surface area contributed by atoms with Gasteiger partial charge in [0, 0.05) is 12.8 Å². The Morgan fingerprint density at radius 3 is 1.42 bits per heavy atom. The quantitative estimate of drug-likeness (QED) is 0.366. The van der Waals surface area contributed by atoms with Crippen molar-refractivity contribution in [2.75, 3.05) is 0 Å². The predicted octanol–water partition coefficient (Wildman–Crippen LogP) is -2.30. The molecule has 2 saturated heterocycles. The Labute approximate surface area is 146 Å². The van der Waals surface area contributed by atoms with Crippen LogP contribution in [0.5, 0.6) is 0 Å². The second kappa shape index (κ2) is 8.01. The molecule has 2 aliphatic heterocycles. The number of carbonyl (C=O) groups excluding carboxylic acids is 6. The summed E-state index contributed by atoms with van der Waals surface area (Å²) in [6.45, 7) is 0. The molecule has 12 heteroatoms. The highest BCUT2D eigenvalue weighted by atomic mass is 16.7. The number of amides is 4. The number of aliphatic hydroxyl groups excluding tert-OH is 2. The fourth-order valence-corrected chi connectivity index (χ4v) is 2.21. The van der Waals surface area contributed by atoms with Gasteiger partial charge in [-0.25, -0.2) is 9.59 Å². The van der Waals surface area contributed by atoms with Gasteiger partial charge in [0.1, 0.15) is 12.2 Å². The molecule has 0 radical (unpaired) electrons. The van der Waals surface area contributed by atoms with E-state index in [-0.39, 0.29) is 35.8 Å². The van der Waals surface area contributed by atoms with Gasteiger partial charge in [-0.05, 0) is 12.8 Å². The number of hydroxylamine groups is 4. The molecule has 0 aromatic rings. The molecule has 0 aromatic heterocycles. The number of carbonyl (C=O) groups is 6. The number of hydrogen-bond donors (Lipinski definition) is 2. The van der Waals surface area contributed by atoms with Crippen LogP contribution in [-0.2, 0) is 38.4 Å². The first-order valence-electron chi connectivity index (χ1n) is 7.72. The zero-order valence-corrected chi connectivity index (χ0v) is 13.5. The summed E-state index contributed by atoms with van der Waals surface area (Å²) in [6, 6.07) is 0. The van der Waals surface area contributed by atoms with Crippen LogP contribution in [0.15, 0.2) is 0 Å². The van der Waals surface area contributed by atoms with Gasteiger partial charge in [0.15, 0.2) is 0 Å². The van der Waals surface area contributed by atoms with E-state index in [0.717, 1.165) is 0 Å². The largest absolute Gasteiger partial charge is 0.383 e. The van der Waals surface area contributed by atoms with Crippen molar-refractivity contribution < 1.29 is 48.7 Å². The van der Waals surface area contributed by atoms with Gasteiger partial charge in [0.2, 0.25) is 0 Å². The van der Waals surface area contributed by atoms with Gasteiger partial charge in [0.25, 0.3) is 23.6 Å². The Kier molecular flexibility index (Phi) is 6.00. The van der Waals surface area contributed by atoms with Crippen molar-refractivity contribution in [3.05, 3.63) is 0 Å². The van der Waals surface area contributed by atoms with E-state index in [2.05, 4.69) is 9.68 Å². The maximum absolute atomic E-state index is 11.6. The van der Waals surface area contributed by atoms with Gasteiger partial charge >= 0.3 is 11.9 Å². The van der Waals surface area contributed by atoms with E-state index >= 15 is 0 Å². The maximum Gasteiger partial charge on any atom is 0.333 e. The van der Waals surface area contributed by atoms with Crippen molar-refractivity contribution in [3.63, 3.8) is 0 Å². The molecule has 0 saturated carbocycles. The summed E-state index contributed by atoms with van der Waals surface area (Å²) in [5.41, 5.74) is 0. The molecule has 2 unspecified atom stereocenters. The van der Waals surface area contributed by atoms with Crippen LogP contribution >= 0.6 is 0 Å². The van der Waals surface area contributed by atoms with Crippen LogP contribution in [-0.4, -0.2) is 68.1 Å². The molecule has 12 nitrogen and oxygen atoms in total. The van der Waals surface area contributed by atoms with Crippen molar-refractivity contribution in [1.82, 2.24) is 10.1 Å². The van der Waals surface area contributed by atoms with Crippen molar-refractivity contribution in [2.45, 2.75) is 50.7 Å².